The van der Waals surface area contributed by atoms with Gasteiger partial charge in [-0.1, -0.05) is 0 Å². The summed E-state index contributed by atoms with van der Waals surface area (Å²) in [6.45, 7) is 1.50. The van der Waals surface area contributed by atoms with Gasteiger partial charge in [-0.3, -0.25) is 0 Å². The van der Waals surface area contributed by atoms with Crippen LogP contribution in [-0.2, 0) is 0 Å². The maximum atomic E-state index is 14.4. The Morgan fingerprint density at radius 3 is 2.80 bits per heavy atom. The molecule has 0 spiro atoms. The second-order valence-electron chi connectivity index (χ2n) is 5.20. The van der Waals surface area contributed by atoms with Gasteiger partial charge in [-0.15, -0.1) is 0 Å². The number of ether oxygens (including phenoxy) is 2. The zero-order chi connectivity index (χ0) is 17.8. The number of aromatic nitrogens is 2. The van der Waals surface area contributed by atoms with Crippen LogP contribution in [0.1, 0.15) is 0 Å². The van der Waals surface area contributed by atoms with Gasteiger partial charge in [-0.2, -0.15) is 9.37 Å². The lowest BCUT2D eigenvalue weighted by atomic mass is 10.2. The fraction of sp³-hybridized carbons (Fsp3) is 0.250. The van der Waals surface area contributed by atoms with Crippen molar-refractivity contribution >= 4 is 5.69 Å². The topological polar surface area (TPSA) is 76.7 Å². The first kappa shape index (κ1) is 16.9. The quantitative estimate of drug-likeness (QED) is 0.855. The first-order valence-corrected chi connectivity index (χ1v) is 7.54. The Bertz CT molecular complexity index is 787. The Kier molecular flexibility index (Phi) is 4.94. The maximum absolute atomic E-state index is 14.4. The Morgan fingerprint density at radius 1 is 1.20 bits per heavy atom. The number of methoxy groups -OCH3 is 1. The molecule has 0 saturated carbocycles. The highest BCUT2D eigenvalue weighted by atomic mass is 19.2. The Labute approximate surface area is 143 Å². The first-order valence-electron chi connectivity index (χ1n) is 7.54. The predicted molar refractivity (Wildman–Crippen MR) is 87.3 cm³/mol. The summed E-state index contributed by atoms with van der Waals surface area (Å²) < 4.78 is 39.0. The van der Waals surface area contributed by atoms with Crippen LogP contribution >= 0.6 is 0 Å². The predicted octanol–water partition coefficient (Wildman–Crippen LogP) is 2.07. The molecule has 0 fully saturated rings. The van der Waals surface area contributed by atoms with Crippen molar-refractivity contribution in [2.24, 2.45) is 5.73 Å². The van der Waals surface area contributed by atoms with Crippen LogP contribution < -0.4 is 20.1 Å². The van der Waals surface area contributed by atoms with Crippen LogP contribution in [0.25, 0.3) is 0 Å². The number of hydrogen-bond donors (Lipinski definition) is 1. The number of hydrogen-bond acceptors (Lipinski definition) is 7. The fourth-order valence-electron chi connectivity index (χ4n) is 2.34. The minimum atomic E-state index is -1.12. The molecular formula is C16H17F2N5O2. The number of benzene rings is 1. The van der Waals surface area contributed by atoms with Crippen LogP contribution in [0.5, 0.6) is 17.6 Å². The van der Waals surface area contributed by atoms with Crippen molar-refractivity contribution in [3.05, 3.63) is 48.4 Å². The largest absolute Gasteiger partial charge is 0.481 e. The van der Waals surface area contributed by atoms with Gasteiger partial charge in [0, 0.05) is 37.8 Å². The average molecular weight is 349 g/mol. The first-order chi connectivity index (χ1) is 12.1. The van der Waals surface area contributed by atoms with E-state index in [1.807, 2.05) is 4.90 Å². The molecule has 1 aromatic carbocycles. The van der Waals surface area contributed by atoms with Gasteiger partial charge < -0.3 is 25.0 Å². The highest BCUT2D eigenvalue weighted by molar-refractivity contribution is 5.54. The van der Waals surface area contributed by atoms with Crippen molar-refractivity contribution in [3.8, 4) is 17.6 Å². The molecule has 7 nitrogen and oxygen atoms in total. The third-order valence-electron chi connectivity index (χ3n) is 3.56. The standard InChI is InChI=1S/C16H17F2N5O2/c1-24-13-4-6-20-16(21-13)25-12-3-2-11(14(17)15(12)18)23-9-8-22(10-23)7-5-19/h2-4,6,8-9H,5,7,10,19H2,1H3. The summed E-state index contributed by atoms with van der Waals surface area (Å²) in [4.78, 5) is 11.2. The molecule has 0 aliphatic carbocycles. The summed E-state index contributed by atoms with van der Waals surface area (Å²) in [6.07, 6.45) is 4.84. The fourth-order valence-corrected chi connectivity index (χ4v) is 2.34. The van der Waals surface area contributed by atoms with Gasteiger partial charge in [0.15, 0.2) is 11.6 Å². The lowest BCUT2D eigenvalue weighted by Crippen LogP contribution is -2.29. The monoisotopic (exact) mass is 349 g/mol. The van der Waals surface area contributed by atoms with Crippen molar-refractivity contribution in [1.29, 1.82) is 0 Å². The maximum Gasteiger partial charge on any atom is 0.325 e. The summed E-state index contributed by atoms with van der Waals surface area (Å²) in [6, 6.07) is 4.14. The molecule has 1 aliphatic rings. The second-order valence-corrected chi connectivity index (χ2v) is 5.20. The molecule has 0 amide bonds. The van der Waals surface area contributed by atoms with Gasteiger partial charge in [0.05, 0.1) is 19.5 Å². The van der Waals surface area contributed by atoms with Crippen LogP contribution in [0.15, 0.2) is 36.8 Å². The molecule has 0 saturated heterocycles. The van der Waals surface area contributed by atoms with E-state index in [1.54, 1.807) is 17.3 Å². The molecule has 1 aliphatic heterocycles. The molecule has 2 heterocycles. The van der Waals surface area contributed by atoms with E-state index in [4.69, 9.17) is 15.2 Å². The highest BCUT2D eigenvalue weighted by Gasteiger charge is 2.22. The van der Waals surface area contributed by atoms with E-state index in [0.717, 1.165) is 0 Å². The number of halogens is 2. The number of nitrogens with two attached hydrogens (primary N) is 1. The van der Waals surface area contributed by atoms with E-state index in [2.05, 4.69) is 9.97 Å². The minimum absolute atomic E-state index is 0.104. The van der Waals surface area contributed by atoms with Gasteiger partial charge in [0.1, 0.15) is 0 Å². The van der Waals surface area contributed by atoms with Crippen molar-refractivity contribution in [2.45, 2.75) is 0 Å². The Morgan fingerprint density at radius 2 is 2.04 bits per heavy atom. The van der Waals surface area contributed by atoms with Crippen molar-refractivity contribution in [2.75, 3.05) is 31.8 Å². The molecule has 132 valence electrons. The van der Waals surface area contributed by atoms with Crippen LogP contribution in [0.3, 0.4) is 0 Å². The molecule has 0 atom stereocenters. The Balaban J connectivity index is 1.80. The van der Waals surface area contributed by atoms with Crippen molar-refractivity contribution in [3.63, 3.8) is 0 Å². The van der Waals surface area contributed by atoms with Gasteiger partial charge in [0.25, 0.3) is 0 Å². The van der Waals surface area contributed by atoms with Crippen molar-refractivity contribution in [1.82, 2.24) is 14.9 Å². The van der Waals surface area contributed by atoms with Crippen molar-refractivity contribution < 1.29 is 18.3 Å². The molecular weight excluding hydrogens is 332 g/mol. The van der Waals surface area contributed by atoms with Crippen LogP contribution in [0.4, 0.5) is 14.5 Å². The zero-order valence-corrected chi connectivity index (χ0v) is 13.5. The highest BCUT2D eigenvalue weighted by Crippen LogP contribution is 2.32. The van der Waals surface area contributed by atoms with E-state index in [1.165, 1.54) is 31.5 Å². The summed E-state index contributed by atoms with van der Waals surface area (Å²) in [5, 5.41) is 0. The average Bonchev–Trinajstić information content (AvgIpc) is 3.08. The molecule has 25 heavy (non-hydrogen) atoms. The van der Waals surface area contributed by atoms with Gasteiger partial charge >= 0.3 is 6.01 Å². The molecule has 3 rings (SSSR count). The van der Waals surface area contributed by atoms with E-state index < -0.39 is 11.6 Å². The lowest BCUT2D eigenvalue weighted by molar-refractivity contribution is 0.363. The van der Waals surface area contributed by atoms with Crippen LogP contribution in [0, 0.1) is 11.6 Å². The van der Waals surface area contributed by atoms with Crippen LogP contribution in [-0.4, -0.2) is 41.7 Å². The second kappa shape index (κ2) is 7.31. The normalized spacial score (nSPS) is 13.4. The van der Waals surface area contributed by atoms with Gasteiger partial charge in [0.2, 0.25) is 11.7 Å². The van der Waals surface area contributed by atoms with Crippen LogP contribution in [0.2, 0.25) is 0 Å². The number of anilines is 1. The third kappa shape index (κ3) is 3.61. The summed E-state index contributed by atoms with van der Waals surface area (Å²) in [7, 11) is 1.43. The summed E-state index contributed by atoms with van der Waals surface area (Å²) in [5.74, 6) is -2.18. The SMILES string of the molecule is COc1ccnc(Oc2ccc(N3C=CN(CCN)C3)c(F)c2F)n1. The minimum Gasteiger partial charge on any atom is -0.481 e. The molecule has 2 N–H and O–H groups in total. The summed E-state index contributed by atoms with van der Waals surface area (Å²) in [5.41, 5.74) is 5.60. The number of rotatable bonds is 6. The molecule has 2 aromatic rings. The molecule has 0 bridgehead atoms. The summed E-state index contributed by atoms with van der Waals surface area (Å²) >= 11 is 0. The lowest BCUT2D eigenvalue weighted by Gasteiger charge is -2.21. The van der Waals surface area contributed by atoms with E-state index in [9.17, 15) is 8.78 Å². The molecule has 0 unspecified atom stereocenters. The molecule has 0 radical (unpaired) electrons. The van der Waals surface area contributed by atoms with Gasteiger partial charge in [-0.25, -0.2) is 9.37 Å². The molecule has 1 aromatic heterocycles. The number of nitrogens with zero attached hydrogens (tertiary/aromatic N) is 4. The Hall–Kier alpha value is -2.94. The molecule has 9 heteroatoms. The van der Waals surface area contributed by atoms with E-state index in [0.29, 0.717) is 19.8 Å². The zero-order valence-electron chi connectivity index (χ0n) is 13.5. The van der Waals surface area contributed by atoms with E-state index in [-0.39, 0.29) is 23.3 Å². The van der Waals surface area contributed by atoms with Gasteiger partial charge in [-0.05, 0) is 12.1 Å². The smallest absolute Gasteiger partial charge is 0.325 e. The third-order valence-corrected chi connectivity index (χ3v) is 3.56. The van der Waals surface area contributed by atoms with E-state index >= 15 is 0 Å².